The van der Waals surface area contributed by atoms with E-state index in [0.29, 0.717) is 19.1 Å². The summed E-state index contributed by atoms with van der Waals surface area (Å²) in [5.74, 6) is 1.56. The molecule has 1 aromatic heterocycles. The fraction of sp³-hybridized carbons (Fsp3) is 0.667. The van der Waals surface area contributed by atoms with Crippen LogP contribution in [0.3, 0.4) is 0 Å². The molecule has 2 rings (SSSR count). The van der Waals surface area contributed by atoms with Gasteiger partial charge in [-0.05, 0) is 13.0 Å². The van der Waals surface area contributed by atoms with Crippen LogP contribution in [-0.2, 0) is 4.74 Å². The highest BCUT2D eigenvalue weighted by molar-refractivity contribution is 5.44. The molecule has 1 fully saturated rings. The second kappa shape index (κ2) is 5.49. The van der Waals surface area contributed by atoms with Gasteiger partial charge in [0.1, 0.15) is 5.82 Å². The molecule has 2 atom stereocenters. The Hall–Kier alpha value is -1.40. The van der Waals surface area contributed by atoms with Gasteiger partial charge in [0, 0.05) is 26.8 Å². The number of aliphatic hydroxyl groups excluding tert-OH is 1. The van der Waals surface area contributed by atoms with Crippen molar-refractivity contribution in [3.8, 4) is 0 Å². The molecule has 0 saturated carbocycles. The van der Waals surface area contributed by atoms with Crippen molar-refractivity contribution >= 4 is 11.8 Å². The third-order valence-corrected chi connectivity index (χ3v) is 3.03. The number of aromatic nitrogens is 2. The Morgan fingerprint density at radius 1 is 1.56 bits per heavy atom. The maximum Gasteiger partial charge on any atom is 0.226 e. The summed E-state index contributed by atoms with van der Waals surface area (Å²) >= 11 is 0. The zero-order chi connectivity index (χ0) is 13.1. The van der Waals surface area contributed by atoms with Crippen LogP contribution in [0.5, 0.6) is 0 Å². The van der Waals surface area contributed by atoms with Crippen molar-refractivity contribution < 1.29 is 9.84 Å². The first-order valence-corrected chi connectivity index (χ1v) is 6.11. The van der Waals surface area contributed by atoms with Gasteiger partial charge >= 0.3 is 0 Å². The van der Waals surface area contributed by atoms with Crippen molar-refractivity contribution in [1.29, 1.82) is 0 Å². The van der Waals surface area contributed by atoms with E-state index in [1.807, 2.05) is 25.1 Å². The molecule has 2 heterocycles. The van der Waals surface area contributed by atoms with Crippen LogP contribution >= 0.6 is 0 Å². The molecule has 1 N–H and O–H groups in total. The Kier molecular flexibility index (Phi) is 3.98. The quantitative estimate of drug-likeness (QED) is 0.825. The van der Waals surface area contributed by atoms with Gasteiger partial charge in [0.05, 0.1) is 25.4 Å². The van der Waals surface area contributed by atoms with Crippen LogP contribution in [0.4, 0.5) is 11.8 Å². The van der Waals surface area contributed by atoms with Gasteiger partial charge in [-0.3, -0.25) is 0 Å². The molecule has 6 nitrogen and oxygen atoms in total. The predicted molar refractivity (Wildman–Crippen MR) is 70.0 cm³/mol. The van der Waals surface area contributed by atoms with E-state index in [4.69, 9.17) is 4.74 Å². The molecule has 1 saturated heterocycles. The summed E-state index contributed by atoms with van der Waals surface area (Å²) in [6, 6.07) is 2.14. The number of anilines is 2. The fourth-order valence-corrected chi connectivity index (χ4v) is 1.96. The van der Waals surface area contributed by atoms with Gasteiger partial charge in [0.15, 0.2) is 0 Å². The van der Waals surface area contributed by atoms with Crippen LogP contribution < -0.4 is 9.80 Å². The Morgan fingerprint density at radius 3 is 3.00 bits per heavy atom. The summed E-state index contributed by atoms with van der Waals surface area (Å²) in [6.45, 7) is 3.38. The first-order valence-electron chi connectivity index (χ1n) is 6.11. The van der Waals surface area contributed by atoms with E-state index in [1.165, 1.54) is 0 Å². The number of hydrogen-bond acceptors (Lipinski definition) is 6. The van der Waals surface area contributed by atoms with Crippen LogP contribution in [0.25, 0.3) is 0 Å². The van der Waals surface area contributed by atoms with E-state index in [2.05, 4.69) is 21.8 Å². The number of rotatable bonds is 3. The van der Waals surface area contributed by atoms with E-state index >= 15 is 0 Å². The molecule has 0 radical (unpaired) electrons. The van der Waals surface area contributed by atoms with Gasteiger partial charge in [-0.1, -0.05) is 0 Å². The lowest BCUT2D eigenvalue weighted by Crippen LogP contribution is -2.50. The summed E-state index contributed by atoms with van der Waals surface area (Å²) in [7, 11) is 3.83. The van der Waals surface area contributed by atoms with Gasteiger partial charge in [-0.2, -0.15) is 4.98 Å². The molecule has 2 unspecified atom stereocenters. The first-order chi connectivity index (χ1) is 8.61. The van der Waals surface area contributed by atoms with Crippen LogP contribution in [0.15, 0.2) is 12.3 Å². The maximum absolute atomic E-state index is 9.19. The second-order valence-corrected chi connectivity index (χ2v) is 4.75. The van der Waals surface area contributed by atoms with E-state index < -0.39 is 0 Å². The van der Waals surface area contributed by atoms with Crippen molar-refractivity contribution in [2.24, 2.45) is 0 Å². The van der Waals surface area contributed by atoms with Crippen LogP contribution in [0.1, 0.15) is 6.92 Å². The zero-order valence-electron chi connectivity index (χ0n) is 11.1. The summed E-state index contributed by atoms with van der Waals surface area (Å²) in [6.07, 6.45) is 1.62. The van der Waals surface area contributed by atoms with E-state index in [9.17, 15) is 5.11 Å². The minimum absolute atomic E-state index is 0.0365. The Balaban J connectivity index is 2.20. The molecule has 0 bridgehead atoms. The maximum atomic E-state index is 9.19. The molecule has 6 heteroatoms. The monoisotopic (exact) mass is 252 g/mol. The average Bonchev–Trinajstić information content (AvgIpc) is 2.39. The van der Waals surface area contributed by atoms with Crippen LogP contribution in [0, 0.1) is 0 Å². The second-order valence-electron chi connectivity index (χ2n) is 4.75. The molecule has 0 aliphatic carbocycles. The Labute approximate surface area is 107 Å². The predicted octanol–water partition coefficient (Wildman–Crippen LogP) is 0.129. The van der Waals surface area contributed by atoms with Gasteiger partial charge in [0.25, 0.3) is 0 Å². The SMILES string of the molecule is CC1COC(CO)CN1c1ccnc(N(C)C)n1. The van der Waals surface area contributed by atoms with Crippen molar-refractivity contribution in [2.45, 2.75) is 19.1 Å². The molecule has 1 aromatic rings. The van der Waals surface area contributed by atoms with Crippen molar-refractivity contribution in [2.75, 3.05) is 43.7 Å². The summed E-state index contributed by atoms with van der Waals surface area (Å²) in [4.78, 5) is 12.7. The summed E-state index contributed by atoms with van der Waals surface area (Å²) in [5.41, 5.74) is 0. The summed E-state index contributed by atoms with van der Waals surface area (Å²) in [5, 5.41) is 9.19. The lowest BCUT2D eigenvalue weighted by molar-refractivity contribution is -0.0105. The molecule has 100 valence electrons. The highest BCUT2D eigenvalue weighted by Gasteiger charge is 2.26. The number of aliphatic hydroxyl groups is 1. The van der Waals surface area contributed by atoms with E-state index in [0.717, 1.165) is 5.82 Å². The highest BCUT2D eigenvalue weighted by atomic mass is 16.5. The first kappa shape index (κ1) is 13.0. The normalized spacial score (nSPS) is 24.1. The molecule has 18 heavy (non-hydrogen) atoms. The lowest BCUT2D eigenvalue weighted by atomic mass is 10.2. The van der Waals surface area contributed by atoms with Gasteiger partial charge in [-0.25, -0.2) is 4.98 Å². The smallest absolute Gasteiger partial charge is 0.226 e. The largest absolute Gasteiger partial charge is 0.394 e. The molecule has 1 aliphatic rings. The number of morpholine rings is 1. The van der Waals surface area contributed by atoms with Crippen LogP contribution in [-0.4, -0.2) is 61.1 Å². The molecule has 1 aliphatic heterocycles. The highest BCUT2D eigenvalue weighted by Crippen LogP contribution is 2.20. The van der Waals surface area contributed by atoms with E-state index in [1.54, 1.807) is 6.20 Å². The third kappa shape index (κ3) is 2.70. The minimum atomic E-state index is -0.140. The molecular formula is C12H20N4O2. The molecule has 0 amide bonds. The standard InChI is InChI=1S/C12H20N4O2/c1-9-8-18-10(7-17)6-16(9)11-4-5-13-12(14-11)15(2)3/h4-5,9-10,17H,6-8H2,1-3H3. The average molecular weight is 252 g/mol. The Morgan fingerprint density at radius 2 is 2.33 bits per heavy atom. The number of ether oxygens (including phenoxy) is 1. The number of hydrogen-bond donors (Lipinski definition) is 1. The Bertz CT molecular complexity index is 399. The van der Waals surface area contributed by atoms with Gasteiger partial charge < -0.3 is 19.6 Å². The number of nitrogens with zero attached hydrogens (tertiary/aromatic N) is 4. The summed E-state index contributed by atoms with van der Waals surface area (Å²) < 4.78 is 5.52. The van der Waals surface area contributed by atoms with Crippen molar-refractivity contribution in [1.82, 2.24) is 9.97 Å². The van der Waals surface area contributed by atoms with Crippen molar-refractivity contribution in [3.05, 3.63) is 12.3 Å². The minimum Gasteiger partial charge on any atom is -0.394 e. The third-order valence-electron chi connectivity index (χ3n) is 3.03. The fourth-order valence-electron chi connectivity index (χ4n) is 1.96. The lowest BCUT2D eigenvalue weighted by Gasteiger charge is -2.38. The molecule has 0 spiro atoms. The van der Waals surface area contributed by atoms with Gasteiger partial charge in [-0.15, -0.1) is 0 Å². The van der Waals surface area contributed by atoms with Gasteiger partial charge in [0.2, 0.25) is 5.95 Å². The topological polar surface area (TPSA) is 61.7 Å². The molecular weight excluding hydrogens is 232 g/mol. The van der Waals surface area contributed by atoms with E-state index in [-0.39, 0.29) is 18.8 Å². The molecule has 0 aromatic carbocycles. The van der Waals surface area contributed by atoms with Crippen molar-refractivity contribution in [3.63, 3.8) is 0 Å². The van der Waals surface area contributed by atoms with Crippen LogP contribution in [0.2, 0.25) is 0 Å². The zero-order valence-corrected chi connectivity index (χ0v) is 11.1.